The minimum Gasteiger partial charge on any atom is -0.455 e. The number of hydrogen-bond donors (Lipinski definition) is 1. The number of amides is 1. The molecule has 4 atom stereocenters. The molecule has 3 rings (SSSR count). The van der Waals surface area contributed by atoms with E-state index in [4.69, 9.17) is 5.73 Å². The summed E-state index contributed by atoms with van der Waals surface area (Å²) in [7, 11) is 0. The number of rotatable bonds is 2. The van der Waals surface area contributed by atoms with E-state index < -0.39 is 35.5 Å². The van der Waals surface area contributed by atoms with E-state index in [9.17, 15) is 22.8 Å². The van der Waals surface area contributed by atoms with E-state index >= 15 is 0 Å². The predicted molar refractivity (Wildman–Crippen MR) is 63.2 cm³/mol. The molecule has 2 N–H and O–H groups in total. The molecule has 7 heteroatoms. The second kappa shape index (κ2) is 4.11. The third kappa shape index (κ3) is 1.74. The van der Waals surface area contributed by atoms with Crippen LogP contribution in [0.25, 0.3) is 0 Å². The van der Waals surface area contributed by atoms with Crippen molar-refractivity contribution in [3.05, 3.63) is 0 Å². The quantitative estimate of drug-likeness (QED) is 0.792. The maximum Gasteiger partial charge on any atom is 0.490 e. The molecule has 0 aliphatic heterocycles. The van der Waals surface area contributed by atoms with Crippen LogP contribution < -0.4 is 5.73 Å². The van der Waals surface area contributed by atoms with Crippen molar-refractivity contribution in [2.75, 3.05) is 0 Å². The van der Waals surface area contributed by atoms with Crippen molar-refractivity contribution in [1.82, 2.24) is 0 Å². The van der Waals surface area contributed by atoms with Gasteiger partial charge in [0.25, 0.3) is 0 Å². The molecular formula is C13H18F3NO3. The topological polar surface area (TPSA) is 69.4 Å². The van der Waals surface area contributed by atoms with Gasteiger partial charge in [-0.05, 0) is 24.2 Å². The number of halogens is 3. The first-order valence-corrected chi connectivity index (χ1v) is 6.52. The van der Waals surface area contributed by atoms with Crippen LogP contribution in [-0.4, -0.2) is 24.2 Å². The zero-order chi connectivity index (χ0) is 15.5. The predicted octanol–water partition coefficient (Wildman–Crippen LogP) is 2.02. The molecule has 2 bridgehead atoms. The molecule has 20 heavy (non-hydrogen) atoms. The fourth-order valence-electron chi connectivity index (χ4n) is 4.09. The van der Waals surface area contributed by atoms with Gasteiger partial charge >= 0.3 is 12.1 Å². The molecule has 0 aromatic rings. The maximum atomic E-state index is 12.3. The van der Waals surface area contributed by atoms with Crippen molar-refractivity contribution in [2.24, 2.45) is 28.4 Å². The Bertz CT molecular complexity index is 460. The first kappa shape index (κ1) is 15.1. The molecule has 1 amide bonds. The van der Waals surface area contributed by atoms with Crippen LogP contribution in [0.4, 0.5) is 13.2 Å². The van der Waals surface area contributed by atoms with Gasteiger partial charge in [-0.2, -0.15) is 13.2 Å². The van der Waals surface area contributed by atoms with Gasteiger partial charge in [0.2, 0.25) is 5.91 Å². The standard InChI is InChI=1S/C13H18F3NO3/c1-6-8(20-10(19)13(14,15)16)4-7-5-12(6,9(17)18)11(7,2)3/h6-8H,4-5H2,1-3H3,(H2,17,18)/t6-,7?,8+,12-/m1/s1. The van der Waals surface area contributed by atoms with Gasteiger partial charge in [-0.25, -0.2) is 4.79 Å². The van der Waals surface area contributed by atoms with E-state index in [-0.39, 0.29) is 11.3 Å². The second-order valence-corrected chi connectivity index (χ2v) is 6.42. The zero-order valence-corrected chi connectivity index (χ0v) is 11.6. The molecule has 0 aromatic carbocycles. The van der Waals surface area contributed by atoms with Crippen molar-refractivity contribution in [1.29, 1.82) is 0 Å². The number of nitrogens with two attached hydrogens (primary N) is 1. The van der Waals surface area contributed by atoms with Crippen LogP contribution in [0, 0.1) is 22.7 Å². The minimum atomic E-state index is -5.02. The third-order valence-corrected chi connectivity index (χ3v) is 5.52. The molecular weight excluding hydrogens is 275 g/mol. The Morgan fingerprint density at radius 3 is 2.25 bits per heavy atom. The summed E-state index contributed by atoms with van der Waals surface area (Å²) in [6.45, 7) is 5.42. The summed E-state index contributed by atoms with van der Waals surface area (Å²) in [5.74, 6) is -3.21. The molecule has 0 spiro atoms. The highest BCUT2D eigenvalue weighted by Gasteiger charge is 2.71. The summed E-state index contributed by atoms with van der Waals surface area (Å²) in [5.41, 5.74) is 4.21. The van der Waals surface area contributed by atoms with E-state index in [1.807, 2.05) is 13.8 Å². The molecule has 3 aliphatic carbocycles. The lowest BCUT2D eigenvalue weighted by molar-refractivity contribution is -0.247. The largest absolute Gasteiger partial charge is 0.490 e. The van der Waals surface area contributed by atoms with Crippen molar-refractivity contribution < 1.29 is 27.5 Å². The molecule has 3 saturated carbocycles. The van der Waals surface area contributed by atoms with Crippen LogP contribution in [0.5, 0.6) is 0 Å². The number of fused-ring (bicyclic) bond motifs is 2. The van der Waals surface area contributed by atoms with E-state index in [0.717, 1.165) is 0 Å². The average Bonchev–Trinajstić information content (AvgIpc) is 2.28. The summed E-state index contributed by atoms with van der Waals surface area (Å²) in [5, 5.41) is 0. The number of ether oxygens (including phenoxy) is 1. The normalized spacial score (nSPS) is 38.8. The van der Waals surface area contributed by atoms with Crippen molar-refractivity contribution >= 4 is 11.9 Å². The number of alkyl halides is 3. The van der Waals surface area contributed by atoms with E-state index in [1.54, 1.807) is 6.92 Å². The highest BCUT2D eigenvalue weighted by Crippen LogP contribution is 2.70. The zero-order valence-electron chi connectivity index (χ0n) is 11.6. The van der Waals surface area contributed by atoms with Gasteiger partial charge in [0.15, 0.2) is 0 Å². The summed E-state index contributed by atoms with van der Waals surface area (Å²) in [6, 6.07) is 0. The lowest BCUT2D eigenvalue weighted by Gasteiger charge is -2.68. The Morgan fingerprint density at radius 2 is 1.85 bits per heavy atom. The molecule has 3 aliphatic rings. The van der Waals surface area contributed by atoms with Crippen LogP contribution in [0.3, 0.4) is 0 Å². The number of hydrogen-bond acceptors (Lipinski definition) is 3. The van der Waals surface area contributed by atoms with Crippen molar-refractivity contribution in [3.63, 3.8) is 0 Å². The van der Waals surface area contributed by atoms with Gasteiger partial charge in [-0.15, -0.1) is 0 Å². The lowest BCUT2D eigenvalue weighted by atomic mass is 9.36. The SMILES string of the molecule is C[C@@H]1[C@@H](OC(=O)C(F)(F)F)CC2C[C@@]1(C(N)=O)C2(C)C. The second-order valence-electron chi connectivity index (χ2n) is 6.42. The van der Waals surface area contributed by atoms with Gasteiger partial charge in [0.05, 0.1) is 5.41 Å². The molecule has 1 unspecified atom stereocenters. The first-order chi connectivity index (χ1) is 8.94. The fraction of sp³-hybridized carbons (Fsp3) is 0.846. The van der Waals surface area contributed by atoms with Crippen LogP contribution in [0.1, 0.15) is 33.6 Å². The van der Waals surface area contributed by atoms with E-state index in [0.29, 0.717) is 12.8 Å². The number of carbonyl (C=O) groups excluding carboxylic acids is 2. The van der Waals surface area contributed by atoms with E-state index in [1.165, 1.54) is 0 Å². The Morgan fingerprint density at radius 1 is 1.30 bits per heavy atom. The van der Waals surface area contributed by atoms with Gasteiger partial charge in [0, 0.05) is 5.92 Å². The van der Waals surface area contributed by atoms with Gasteiger partial charge in [-0.1, -0.05) is 20.8 Å². The van der Waals surface area contributed by atoms with Crippen molar-refractivity contribution in [3.8, 4) is 0 Å². The maximum absolute atomic E-state index is 12.3. The molecule has 114 valence electrons. The highest BCUT2D eigenvalue weighted by molar-refractivity contribution is 5.84. The smallest absolute Gasteiger partial charge is 0.455 e. The molecule has 0 aromatic heterocycles. The highest BCUT2D eigenvalue weighted by atomic mass is 19.4. The Labute approximate surface area is 114 Å². The molecule has 4 nitrogen and oxygen atoms in total. The van der Waals surface area contributed by atoms with Crippen LogP contribution in [0.2, 0.25) is 0 Å². The van der Waals surface area contributed by atoms with Gasteiger partial charge in [0.1, 0.15) is 6.10 Å². The molecule has 0 heterocycles. The number of esters is 1. The monoisotopic (exact) mass is 293 g/mol. The van der Waals surface area contributed by atoms with Crippen LogP contribution in [0.15, 0.2) is 0 Å². The van der Waals surface area contributed by atoms with Crippen molar-refractivity contribution in [2.45, 2.75) is 45.9 Å². The Hall–Kier alpha value is -1.27. The molecule has 3 fully saturated rings. The summed E-state index contributed by atoms with van der Waals surface area (Å²) >= 11 is 0. The first-order valence-electron chi connectivity index (χ1n) is 6.52. The molecule has 0 radical (unpaired) electrons. The average molecular weight is 293 g/mol. The van der Waals surface area contributed by atoms with E-state index in [2.05, 4.69) is 4.74 Å². The summed E-state index contributed by atoms with van der Waals surface area (Å²) < 4.78 is 41.4. The van der Waals surface area contributed by atoms with Crippen LogP contribution in [-0.2, 0) is 14.3 Å². The summed E-state index contributed by atoms with van der Waals surface area (Å²) in [4.78, 5) is 22.8. The summed E-state index contributed by atoms with van der Waals surface area (Å²) in [6.07, 6.45) is -5.04. The third-order valence-electron chi connectivity index (χ3n) is 5.52. The number of carbonyl (C=O) groups is 2. The molecule has 0 saturated heterocycles. The Kier molecular flexibility index (Phi) is 3.11. The fourth-order valence-corrected chi connectivity index (χ4v) is 4.09. The Balaban J connectivity index is 2.22. The van der Waals surface area contributed by atoms with Crippen LogP contribution >= 0.6 is 0 Å². The lowest BCUT2D eigenvalue weighted by Crippen LogP contribution is -2.70. The van der Waals surface area contributed by atoms with Gasteiger partial charge < -0.3 is 10.5 Å². The minimum absolute atomic E-state index is 0.0391. The number of primary amides is 1. The van der Waals surface area contributed by atoms with Gasteiger partial charge in [-0.3, -0.25) is 4.79 Å².